The number of hydrogen-bond donors (Lipinski definition) is 0. The molecular weight excluding hydrogens is 559 g/mol. The number of hydrogen-bond acceptors (Lipinski definition) is 8. The zero-order chi connectivity index (χ0) is 27.4. The van der Waals surface area contributed by atoms with Crippen molar-refractivity contribution in [2.75, 3.05) is 6.61 Å². The van der Waals surface area contributed by atoms with Crippen molar-refractivity contribution >= 4 is 58.3 Å². The Balaban J connectivity index is 1.66. The van der Waals surface area contributed by atoms with E-state index in [2.05, 4.69) is 0 Å². The molecule has 200 valence electrons. The molecule has 10 nitrogen and oxygen atoms in total. The van der Waals surface area contributed by atoms with Crippen LogP contribution >= 0.6 is 23.2 Å². The first-order chi connectivity index (χ1) is 18.1. The molecule has 0 bridgehead atoms. The second-order valence-corrected chi connectivity index (χ2v) is 10.5. The summed E-state index contributed by atoms with van der Waals surface area (Å²) < 4.78 is 24.2. The molecular formula is C25H22Cl2N2O8S. The van der Waals surface area contributed by atoms with Gasteiger partial charge in [0.15, 0.2) is 22.0 Å². The molecule has 0 N–H and O–H groups in total. The standard InChI is InChI=1S/C25H22Cl2N2O8S/c1-16(30)28(38(34)15-20(26)27)19-14-35-29(23(19)32)25(13-12-21(31)37-25)24(33)36-22(17-8-4-2-5-9-17)18-10-6-3-7-11-18/h2-11,15,19,22H,12-14H2,1H3/t19-,25?,38?/m0/s1. The minimum Gasteiger partial charge on any atom is -0.588 e. The summed E-state index contributed by atoms with van der Waals surface area (Å²) >= 11 is 8.92. The number of carbonyl (C=O) groups excluding carboxylic acids is 4. The third-order valence-electron chi connectivity index (χ3n) is 5.85. The fraction of sp³-hybridized carbons (Fsp3) is 0.280. The van der Waals surface area contributed by atoms with Crippen LogP contribution < -0.4 is 0 Å². The van der Waals surface area contributed by atoms with Crippen LogP contribution in [-0.4, -0.2) is 56.0 Å². The minimum atomic E-state index is -2.26. The Hall–Kier alpha value is -3.09. The van der Waals surface area contributed by atoms with Gasteiger partial charge in [-0.15, -0.1) is 4.31 Å². The molecule has 0 spiro atoms. The smallest absolute Gasteiger partial charge is 0.376 e. The Morgan fingerprint density at radius 2 is 1.71 bits per heavy atom. The number of halogens is 2. The average molecular weight is 581 g/mol. The molecule has 2 unspecified atom stereocenters. The third-order valence-corrected chi connectivity index (χ3v) is 7.66. The summed E-state index contributed by atoms with van der Waals surface area (Å²) in [5, 5.41) is 1.46. The van der Waals surface area contributed by atoms with Crippen LogP contribution in [-0.2, 0) is 44.9 Å². The van der Waals surface area contributed by atoms with Gasteiger partial charge in [0.25, 0.3) is 11.8 Å². The summed E-state index contributed by atoms with van der Waals surface area (Å²) in [6.07, 6.45) is -1.34. The number of cyclic esters (lactones) is 1. The van der Waals surface area contributed by atoms with Crippen LogP contribution in [0.4, 0.5) is 0 Å². The first kappa shape index (κ1) is 27.9. The zero-order valence-electron chi connectivity index (χ0n) is 20.0. The van der Waals surface area contributed by atoms with Gasteiger partial charge in [0, 0.05) is 13.3 Å². The molecule has 38 heavy (non-hydrogen) atoms. The van der Waals surface area contributed by atoms with Gasteiger partial charge in [-0.3, -0.25) is 19.2 Å². The number of carbonyl (C=O) groups is 4. The summed E-state index contributed by atoms with van der Waals surface area (Å²) in [5.74, 6) is -3.47. The van der Waals surface area contributed by atoms with Gasteiger partial charge in [0.05, 0.1) is 6.42 Å². The third kappa shape index (κ3) is 5.67. The average Bonchev–Trinajstić information content (AvgIpc) is 3.46. The number of amides is 2. The molecule has 0 aromatic heterocycles. The maximum Gasteiger partial charge on any atom is 0.376 e. The highest BCUT2D eigenvalue weighted by atomic mass is 35.5. The lowest BCUT2D eigenvalue weighted by molar-refractivity contribution is -0.260. The minimum absolute atomic E-state index is 0.193. The molecule has 2 amide bonds. The summed E-state index contributed by atoms with van der Waals surface area (Å²) in [4.78, 5) is 57.2. The van der Waals surface area contributed by atoms with Gasteiger partial charge in [0.1, 0.15) is 18.0 Å². The Bertz CT molecular complexity index is 1200. The van der Waals surface area contributed by atoms with Crippen molar-refractivity contribution in [3.8, 4) is 0 Å². The number of hydroxylamine groups is 2. The topological polar surface area (TPSA) is 126 Å². The molecule has 2 aliphatic heterocycles. The van der Waals surface area contributed by atoms with Crippen molar-refractivity contribution in [3.63, 3.8) is 0 Å². The summed E-state index contributed by atoms with van der Waals surface area (Å²) in [6.45, 7) is 0.624. The van der Waals surface area contributed by atoms with Gasteiger partial charge in [-0.1, -0.05) is 83.9 Å². The molecule has 13 heteroatoms. The number of ether oxygens (including phenoxy) is 2. The Morgan fingerprint density at radius 1 is 1.13 bits per heavy atom. The van der Waals surface area contributed by atoms with Gasteiger partial charge in [-0.25, -0.2) is 4.79 Å². The number of benzene rings is 2. The lowest BCUT2D eigenvalue weighted by Gasteiger charge is -2.34. The van der Waals surface area contributed by atoms with E-state index in [1.54, 1.807) is 48.5 Å². The van der Waals surface area contributed by atoms with Crippen molar-refractivity contribution in [3.05, 3.63) is 81.7 Å². The Labute approximate surface area is 231 Å². The van der Waals surface area contributed by atoms with Crippen LogP contribution in [0.2, 0.25) is 0 Å². The van der Waals surface area contributed by atoms with Crippen molar-refractivity contribution in [1.82, 2.24) is 9.37 Å². The molecule has 0 saturated carbocycles. The Morgan fingerprint density at radius 3 is 2.18 bits per heavy atom. The van der Waals surface area contributed by atoms with Crippen LogP contribution in [0.25, 0.3) is 0 Å². The second-order valence-electron chi connectivity index (χ2n) is 8.34. The number of rotatable bonds is 8. The number of nitrogens with zero attached hydrogens (tertiary/aromatic N) is 2. The molecule has 2 aliphatic rings. The predicted octanol–water partition coefficient (Wildman–Crippen LogP) is 3.28. The zero-order valence-corrected chi connectivity index (χ0v) is 22.3. The predicted molar refractivity (Wildman–Crippen MR) is 136 cm³/mol. The van der Waals surface area contributed by atoms with Gasteiger partial charge in [-0.05, 0) is 11.1 Å². The maximum absolute atomic E-state index is 13.7. The molecule has 2 fully saturated rings. The van der Waals surface area contributed by atoms with Crippen LogP contribution in [0, 0.1) is 0 Å². The maximum atomic E-state index is 13.7. The first-order valence-electron chi connectivity index (χ1n) is 11.4. The van der Waals surface area contributed by atoms with E-state index >= 15 is 0 Å². The van der Waals surface area contributed by atoms with Crippen LogP contribution in [0.1, 0.15) is 37.0 Å². The van der Waals surface area contributed by atoms with Gasteiger partial charge in [-0.2, -0.15) is 5.06 Å². The summed E-state index contributed by atoms with van der Waals surface area (Å²) in [6, 6.07) is 16.4. The monoisotopic (exact) mass is 580 g/mol. The van der Waals surface area contributed by atoms with E-state index in [0.717, 1.165) is 12.3 Å². The van der Waals surface area contributed by atoms with Gasteiger partial charge in [0.2, 0.25) is 0 Å². The van der Waals surface area contributed by atoms with E-state index in [9.17, 15) is 23.7 Å². The van der Waals surface area contributed by atoms with Gasteiger partial charge >= 0.3 is 17.7 Å². The van der Waals surface area contributed by atoms with E-state index in [-0.39, 0.29) is 17.3 Å². The molecule has 0 aliphatic carbocycles. The van der Waals surface area contributed by atoms with E-state index in [1.165, 1.54) is 0 Å². The van der Waals surface area contributed by atoms with Crippen molar-refractivity contribution < 1.29 is 38.0 Å². The van der Waals surface area contributed by atoms with E-state index in [1.807, 2.05) is 12.1 Å². The highest BCUT2D eigenvalue weighted by Crippen LogP contribution is 2.38. The van der Waals surface area contributed by atoms with Gasteiger partial charge < -0.3 is 14.0 Å². The normalized spacial score (nSPS) is 21.7. The molecule has 0 radical (unpaired) electrons. The van der Waals surface area contributed by atoms with Crippen LogP contribution in [0.3, 0.4) is 0 Å². The summed E-state index contributed by atoms with van der Waals surface area (Å²) in [5.41, 5.74) is -0.976. The lowest BCUT2D eigenvalue weighted by atomic mass is 10.0. The Kier molecular flexibility index (Phi) is 8.64. The van der Waals surface area contributed by atoms with E-state index in [4.69, 9.17) is 37.5 Å². The molecule has 3 atom stereocenters. The highest BCUT2D eigenvalue weighted by molar-refractivity contribution is 7.92. The fourth-order valence-corrected chi connectivity index (χ4v) is 5.56. The first-order valence-corrected chi connectivity index (χ1v) is 13.3. The van der Waals surface area contributed by atoms with Crippen LogP contribution in [0.15, 0.2) is 70.6 Å². The summed E-state index contributed by atoms with van der Waals surface area (Å²) in [7, 11) is 0. The SMILES string of the molecule is CC(=O)N([C@H]1CON(C2(C(=O)OC(c3ccccc3)c3ccccc3)CCC(=O)O2)C1=O)[S+]([O-])C=C(Cl)Cl. The molecule has 2 aromatic carbocycles. The lowest BCUT2D eigenvalue weighted by Crippen LogP contribution is -2.58. The van der Waals surface area contributed by atoms with E-state index < -0.39 is 59.6 Å². The number of esters is 2. The molecule has 2 aromatic rings. The fourth-order valence-electron chi connectivity index (χ4n) is 4.19. The van der Waals surface area contributed by atoms with Crippen molar-refractivity contribution in [2.45, 2.75) is 37.6 Å². The van der Waals surface area contributed by atoms with Crippen LogP contribution in [0.5, 0.6) is 0 Å². The largest absolute Gasteiger partial charge is 0.588 e. The molecule has 2 heterocycles. The highest BCUT2D eigenvalue weighted by Gasteiger charge is 2.62. The second kappa shape index (κ2) is 11.7. The van der Waals surface area contributed by atoms with Crippen molar-refractivity contribution in [1.29, 1.82) is 0 Å². The van der Waals surface area contributed by atoms with E-state index in [0.29, 0.717) is 20.5 Å². The van der Waals surface area contributed by atoms with Crippen molar-refractivity contribution in [2.24, 2.45) is 0 Å². The molecule has 4 rings (SSSR count). The quantitative estimate of drug-likeness (QED) is 0.344. The molecule has 2 saturated heterocycles.